The Kier molecular flexibility index (Phi) is 5.48. The first kappa shape index (κ1) is 15.6. The normalized spacial score (nSPS) is 14.2. The molecule has 0 aliphatic rings. The lowest BCUT2D eigenvalue weighted by molar-refractivity contribution is -0.121. The second-order valence-corrected chi connectivity index (χ2v) is 5.67. The molecule has 1 aromatic carbocycles. The van der Waals surface area contributed by atoms with Crippen LogP contribution in [0.4, 0.5) is 4.39 Å². The Balaban J connectivity index is 2.41. The molecular formula is C15H22FNO2. The summed E-state index contributed by atoms with van der Waals surface area (Å²) in [6.07, 6.45) is 0.821. The molecule has 0 spiro atoms. The number of hydrogen-bond donors (Lipinski definition) is 2. The first-order valence-electron chi connectivity index (χ1n) is 6.52. The lowest BCUT2D eigenvalue weighted by Gasteiger charge is -2.25. The van der Waals surface area contributed by atoms with E-state index in [4.69, 9.17) is 0 Å². The summed E-state index contributed by atoms with van der Waals surface area (Å²) >= 11 is 0. The molecule has 4 heteroatoms. The van der Waals surface area contributed by atoms with Crippen LogP contribution in [-0.4, -0.2) is 23.2 Å². The molecule has 19 heavy (non-hydrogen) atoms. The molecule has 1 rings (SSSR count). The van der Waals surface area contributed by atoms with Gasteiger partial charge in [-0.25, -0.2) is 4.39 Å². The monoisotopic (exact) mass is 267 g/mol. The van der Waals surface area contributed by atoms with Crippen molar-refractivity contribution in [2.24, 2.45) is 5.92 Å². The van der Waals surface area contributed by atoms with Crippen LogP contribution < -0.4 is 5.32 Å². The van der Waals surface area contributed by atoms with E-state index in [1.165, 1.54) is 12.1 Å². The molecule has 3 nitrogen and oxygen atoms in total. The fourth-order valence-electron chi connectivity index (χ4n) is 2.09. The van der Waals surface area contributed by atoms with E-state index in [0.717, 1.165) is 5.56 Å². The molecule has 0 bridgehead atoms. The van der Waals surface area contributed by atoms with Crippen LogP contribution in [0.15, 0.2) is 24.3 Å². The summed E-state index contributed by atoms with van der Waals surface area (Å²) in [4.78, 5) is 11.7. The van der Waals surface area contributed by atoms with E-state index in [9.17, 15) is 14.3 Å². The van der Waals surface area contributed by atoms with E-state index in [2.05, 4.69) is 5.32 Å². The number of aliphatic hydroxyl groups is 1. The SMILES string of the molecule is CC(C)CC(C)(O)CNC(=O)Cc1ccc(F)cc1. The molecule has 0 aliphatic carbocycles. The minimum Gasteiger partial charge on any atom is -0.388 e. The lowest BCUT2D eigenvalue weighted by atomic mass is 9.94. The summed E-state index contributed by atoms with van der Waals surface area (Å²) in [7, 11) is 0. The van der Waals surface area contributed by atoms with Crippen molar-refractivity contribution >= 4 is 5.91 Å². The van der Waals surface area contributed by atoms with Crippen LogP contribution in [0.1, 0.15) is 32.8 Å². The van der Waals surface area contributed by atoms with Crippen molar-refractivity contribution in [3.63, 3.8) is 0 Å². The molecular weight excluding hydrogens is 245 g/mol. The Morgan fingerprint density at radius 2 is 1.95 bits per heavy atom. The molecule has 2 N–H and O–H groups in total. The quantitative estimate of drug-likeness (QED) is 0.830. The van der Waals surface area contributed by atoms with Crippen LogP contribution in [0.2, 0.25) is 0 Å². The summed E-state index contributed by atoms with van der Waals surface area (Å²) in [6, 6.07) is 5.83. The summed E-state index contributed by atoms with van der Waals surface area (Å²) in [5, 5.41) is 12.8. The Morgan fingerprint density at radius 1 is 1.37 bits per heavy atom. The number of amides is 1. The number of carbonyl (C=O) groups is 1. The zero-order valence-electron chi connectivity index (χ0n) is 11.7. The smallest absolute Gasteiger partial charge is 0.224 e. The molecule has 1 aromatic rings. The van der Waals surface area contributed by atoms with Gasteiger partial charge in [0, 0.05) is 6.54 Å². The van der Waals surface area contributed by atoms with Gasteiger partial charge in [0.25, 0.3) is 0 Å². The maximum Gasteiger partial charge on any atom is 0.224 e. The number of carbonyl (C=O) groups excluding carboxylic acids is 1. The largest absolute Gasteiger partial charge is 0.388 e. The van der Waals surface area contributed by atoms with Crippen LogP contribution in [0, 0.1) is 11.7 Å². The first-order chi connectivity index (χ1) is 8.78. The van der Waals surface area contributed by atoms with Gasteiger partial charge >= 0.3 is 0 Å². The van der Waals surface area contributed by atoms with Gasteiger partial charge in [0.1, 0.15) is 5.82 Å². The van der Waals surface area contributed by atoms with E-state index < -0.39 is 5.60 Å². The minimum atomic E-state index is -0.896. The van der Waals surface area contributed by atoms with Crippen LogP contribution >= 0.6 is 0 Å². The van der Waals surface area contributed by atoms with E-state index in [-0.39, 0.29) is 24.7 Å². The highest BCUT2D eigenvalue weighted by Crippen LogP contribution is 2.15. The van der Waals surface area contributed by atoms with Crippen molar-refractivity contribution in [2.45, 2.75) is 39.2 Å². The van der Waals surface area contributed by atoms with Gasteiger partial charge < -0.3 is 10.4 Å². The van der Waals surface area contributed by atoms with Gasteiger partial charge in [0.05, 0.1) is 12.0 Å². The van der Waals surface area contributed by atoms with Crippen molar-refractivity contribution in [1.29, 1.82) is 0 Å². The van der Waals surface area contributed by atoms with Gasteiger partial charge in [-0.05, 0) is 37.0 Å². The number of hydrogen-bond acceptors (Lipinski definition) is 2. The molecule has 0 heterocycles. The van der Waals surface area contributed by atoms with Crippen LogP contribution in [-0.2, 0) is 11.2 Å². The zero-order chi connectivity index (χ0) is 14.5. The molecule has 0 saturated carbocycles. The molecule has 1 amide bonds. The van der Waals surface area contributed by atoms with E-state index in [0.29, 0.717) is 12.3 Å². The highest BCUT2D eigenvalue weighted by molar-refractivity contribution is 5.78. The van der Waals surface area contributed by atoms with E-state index in [1.54, 1.807) is 19.1 Å². The molecule has 0 aromatic heterocycles. The van der Waals surface area contributed by atoms with Crippen molar-refractivity contribution < 1.29 is 14.3 Å². The third-order valence-electron chi connectivity index (χ3n) is 2.79. The molecule has 0 fully saturated rings. The third kappa shape index (κ3) is 6.34. The number of rotatable bonds is 6. The molecule has 0 saturated heterocycles. The average Bonchev–Trinajstić information content (AvgIpc) is 2.28. The Hall–Kier alpha value is -1.42. The number of halogens is 1. The average molecular weight is 267 g/mol. The van der Waals surface area contributed by atoms with Crippen molar-refractivity contribution in [2.75, 3.05) is 6.54 Å². The predicted octanol–water partition coefficient (Wildman–Crippen LogP) is 2.28. The second-order valence-electron chi connectivity index (χ2n) is 5.67. The molecule has 1 atom stereocenters. The second kappa shape index (κ2) is 6.66. The lowest BCUT2D eigenvalue weighted by Crippen LogP contribution is -2.42. The standard InChI is InChI=1S/C15H22FNO2/c1-11(2)9-15(3,19)10-17-14(18)8-12-4-6-13(16)7-5-12/h4-7,11,19H,8-10H2,1-3H3,(H,17,18). The van der Waals surface area contributed by atoms with Crippen LogP contribution in [0.25, 0.3) is 0 Å². The summed E-state index contributed by atoms with van der Waals surface area (Å²) in [6.45, 7) is 5.99. The maximum atomic E-state index is 12.7. The minimum absolute atomic E-state index is 0.171. The topological polar surface area (TPSA) is 49.3 Å². The van der Waals surface area contributed by atoms with Gasteiger partial charge in [0.2, 0.25) is 5.91 Å². The molecule has 1 unspecified atom stereocenters. The van der Waals surface area contributed by atoms with Crippen molar-refractivity contribution in [3.05, 3.63) is 35.6 Å². The summed E-state index contributed by atoms with van der Waals surface area (Å²) < 4.78 is 12.7. The molecule has 106 valence electrons. The molecule has 0 radical (unpaired) electrons. The van der Waals surface area contributed by atoms with Gasteiger partial charge in [-0.3, -0.25) is 4.79 Å². The van der Waals surface area contributed by atoms with Gasteiger partial charge in [-0.15, -0.1) is 0 Å². The summed E-state index contributed by atoms with van der Waals surface area (Å²) in [5.41, 5.74) is -0.144. The number of benzene rings is 1. The highest BCUT2D eigenvalue weighted by Gasteiger charge is 2.22. The Labute approximate surface area is 113 Å². The van der Waals surface area contributed by atoms with E-state index >= 15 is 0 Å². The van der Waals surface area contributed by atoms with Gasteiger partial charge in [-0.1, -0.05) is 26.0 Å². The van der Waals surface area contributed by atoms with E-state index in [1.807, 2.05) is 13.8 Å². The predicted molar refractivity (Wildman–Crippen MR) is 73.2 cm³/mol. The number of nitrogens with one attached hydrogen (secondary N) is 1. The zero-order valence-corrected chi connectivity index (χ0v) is 11.7. The van der Waals surface area contributed by atoms with Gasteiger partial charge in [0.15, 0.2) is 0 Å². The fraction of sp³-hybridized carbons (Fsp3) is 0.533. The molecule has 0 aliphatic heterocycles. The fourth-order valence-corrected chi connectivity index (χ4v) is 2.09. The summed E-state index contributed by atoms with van der Waals surface area (Å²) in [5.74, 6) is -0.122. The van der Waals surface area contributed by atoms with Gasteiger partial charge in [-0.2, -0.15) is 0 Å². The Bertz CT molecular complexity index is 413. The first-order valence-corrected chi connectivity index (χ1v) is 6.52. The van der Waals surface area contributed by atoms with Crippen LogP contribution in [0.5, 0.6) is 0 Å². The van der Waals surface area contributed by atoms with Crippen molar-refractivity contribution in [3.8, 4) is 0 Å². The van der Waals surface area contributed by atoms with Crippen LogP contribution in [0.3, 0.4) is 0 Å². The maximum absolute atomic E-state index is 12.7. The Morgan fingerprint density at radius 3 is 2.47 bits per heavy atom. The highest BCUT2D eigenvalue weighted by atomic mass is 19.1. The van der Waals surface area contributed by atoms with Crippen molar-refractivity contribution in [1.82, 2.24) is 5.32 Å². The third-order valence-corrected chi connectivity index (χ3v) is 2.79.